The second kappa shape index (κ2) is 17.8. The van der Waals surface area contributed by atoms with Gasteiger partial charge in [0.05, 0.1) is 0 Å². The van der Waals surface area contributed by atoms with Crippen LogP contribution in [0.5, 0.6) is 23.0 Å². The summed E-state index contributed by atoms with van der Waals surface area (Å²) in [6.45, 7) is 9.11. The van der Waals surface area contributed by atoms with Crippen molar-refractivity contribution in [1.29, 1.82) is 0 Å². The van der Waals surface area contributed by atoms with Gasteiger partial charge in [-0.2, -0.15) is 0 Å². The van der Waals surface area contributed by atoms with Gasteiger partial charge in [0.2, 0.25) is 25.4 Å². The maximum absolute atomic E-state index is 12.7. The molecule has 0 unspecified atom stereocenters. The zero-order valence-electron chi connectivity index (χ0n) is 26.7. The second-order valence-corrected chi connectivity index (χ2v) is 12.3. The van der Waals surface area contributed by atoms with Gasteiger partial charge in [-0.25, -0.2) is 0 Å². The molecule has 6 rings (SSSR count). The molecule has 2 aromatic carbocycles. The molecule has 4 heterocycles. The van der Waals surface area contributed by atoms with Crippen LogP contribution < -0.4 is 18.9 Å². The Labute approximate surface area is 285 Å². The van der Waals surface area contributed by atoms with E-state index in [0.717, 1.165) is 127 Å². The summed E-state index contributed by atoms with van der Waals surface area (Å²) in [5, 5.41) is 0. The standard InChI is InChI=1S/C34H46N4O6.2ClH/c39-33(37-17-13-35(14-18-37)23-27-9-11-29-31(21-27)43-25-41-29)7-5-3-1-2-4-6-8-34(40)38-19-15-36(16-20-38)24-28-10-12-30-32(22-28)44-26-42-30;;/h9-12,21-22H,1-8,13-20,23-26H2;2*1H. The summed E-state index contributed by atoms with van der Waals surface area (Å²) in [6, 6.07) is 12.3. The number of nitrogens with zero attached hydrogens (tertiary/aromatic N) is 4. The molecule has 12 heteroatoms. The first-order valence-electron chi connectivity index (χ1n) is 16.4. The largest absolute Gasteiger partial charge is 0.454 e. The van der Waals surface area contributed by atoms with Crippen molar-refractivity contribution in [2.75, 3.05) is 65.9 Å². The minimum Gasteiger partial charge on any atom is -0.454 e. The highest BCUT2D eigenvalue weighted by atomic mass is 35.5. The third kappa shape index (κ3) is 9.80. The van der Waals surface area contributed by atoms with Gasteiger partial charge in [-0.1, -0.05) is 37.8 Å². The summed E-state index contributed by atoms with van der Waals surface area (Å²) in [7, 11) is 0. The Kier molecular flexibility index (Phi) is 13.9. The number of amides is 2. The van der Waals surface area contributed by atoms with Gasteiger partial charge in [-0.3, -0.25) is 19.4 Å². The number of carbonyl (C=O) groups excluding carboxylic acids is 2. The summed E-state index contributed by atoms with van der Waals surface area (Å²) in [5.74, 6) is 3.85. The van der Waals surface area contributed by atoms with E-state index in [1.54, 1.807) is 0 Å². The Bertz CT molecular complexity index is 1190. The maximum atomic E-state index is 12.7. The van der Waals surface area contributed by atoms with Crippen molar-refractivity contribution in [2.45, 2.75) is 64.5 Å². The number of carbonyl (C=O) groups is 2. The van der Waals surface area contributed by atoms with Crippen molar-refractivity contribution in [3.8, 4) is 23.0 Å². The van der Waals surface area contributed by atoms with E-state index in [1.165, 1.54) is 11.1 Å². The van der Waals surface area contributed by atoms with Crippen molar-refractivity contribution >= 4 is 36.6 Å². The van der Waals surface area contributed by atoms with Crippen LogP contribution >= 0.6 is 24.8 Å². The van der Waals surface area contributed by atoms with E-state index in [9.17, 15) is 9.59 Å². The van der Waals surface area contributed by atoms with Gasteiger partial charge in [0.15, 0.2) is 23.0 Å². The number of hydrogen-bond donors (Lipinski definition) is 0. The Hall–Kier alpha value is -2.92. The van der Waals surface area contributed by atoms with E-state index in [4.69, 9.17) is 18.9 Å². The van der Waals surface area contributed by atoms with Gasteiger partial charge >= 0.3 is 0 Å². The van der Waals surface area contributed by atoms with Crippen LogP contribution in [0.3, 0.4) is 0 Å². The van der Waals surface area contributed by atoms with Crippen LogP contribution in [0.2, 0.25) is 0 Å². The van der Waals surface area contributed by atoms with Crippen LogP contribution in [0.15, 0.2) is 36.4 Å². The normalized spacial score (nSPS) is 17.4. The lowest BCUT2D eigenvalue weighted by molar-refractivity contribution is -0.134. The zero-order valence-corrected chi connectivity index (χ0v) is 28.3. The average molecular weight is 680 g/mol. The molecule has 2 aromatic rings. The Morgan fingerprint density at radius 1 is 0.500 bits per heavy atom. The fraction of sp³-hybridized carbons (Fsp3) is 0.588. The van der Waals surface area contributed by atoms with Gasteiger partial charge in [-0.15, -0.1) is 24.8 Å². The molecule has 10 nitrogen and oxygen atoms in total. The maximum Gasteiger partial charge on any atom is 0.231 e. The molecule has 0 aromatic heterocycles. The molecule has 0 radical (unpaired) electrons. The van der Waals surface area contributed by atoms with Crippen LogP contribution in [0, 0.1) is 0 Å². The molecule has 0 bridgehead atoms. The molecule has 0 N–H and O–H groups in total. The quantitative estimate of drug-likeness (QED) is 0.271. The summed E-state index contributed by atoms with van der Waals surface area (Å²) >= 11 is 0. The van der Waals surface area contributed by atoms with Gasteiger partial charge in [-0.05, 0) is 48.2 Å². The highest BCUT2D eigenvalue weighted by molar-refractivity contribution is 5.85. The Balaban J connectivity index is 0.00000240. The molecule has 0 saturated carbocycles. The van der Waals surface area contributed by atoms with E-state index < -0.39 is 0 Å². The SMILES string of the molecule is Cl.Cl.O=C(CCCCCCCCC(=O)N1CCN(Cc2ccc3c(c2)OCO3)CC1)N1CCN(Cc2ccc3c(c2)OCO3)CC1. The fourth-order valence-corrected chi connectivity index (χ4v) is 6.48. The van der Waals surface area contributed by atoms with Crippen molar-refractivity contribution in [1.82, 2.24) is 19.6 Å². The number of ether oxygens (including phenoxy) is 4. The van der Waals surface area contributed by atoms with Gasteiger partial charge in [0.25, 0.3) is 0 Å². The predicted octanol–water partition coefficient (Wildman–Crippen LogP) is 5.10. The van der Waals surface area contributed by atoms with Crippen molar-refractivity contribution < 1.29 is 28.5 Å². The summed E-state index contributed by atoms with van der Waals surface area (Å²) in [6.07, 6.45) is 7.59. The van der Waals surface area contributed by atoms with E-state index >= 15 is 0 Å². The molecular weight excluding hydrogens is 631 g/mol. The van der Waals surface area contributed by atoms with E-state index in [2.05, 4.69) is 34.1 Å². The fourth-order valence-electron chi connectivity index (χ4n) is 6.48. The minimum absolute atomic E-state index is 0. The molecular formula is C34H48Cl2N4O6. The minimum atomic E-state index is 0. The van der Waals surface area contributed by atoms with E-state index in [0.29, 0.717) is 26.4 Å². The zero-order chi connectivity index (χ0) is 30.1. The number of rotatable bonds is 13. The number of unbranched alkanes of at least 4 members (excludes halogenated alkanes) is 5. The second-order valence-electron chi connectivity index (χ2n) is 12.3. The summed E-state index contributed by atoms with van der Waals surface area (Å²) < 4.78 is 21.8. The van der Waals surface area contributed by atoms with Crippen LogP contribution in [0.4, 0.5) is 0 Å². The summed E-state index contributed by atoms with van der Waals surface area (Å²) in [4.78, 5) is 34.3. The highest BCUT2D eigenvalue weighted by Crippen LogP contribution is 2.34. The number of piperazine rings is 2. The molecule has 0 spiro atoms. The number of halogens is 2. The highest BCUT2D eigenvalue weighted by Gasteiger charge is 2.23. The molecule has 2 saturated heterocycles. The first-order chi connectivity index (χ1) is 21.6. The van der Waals surface area contributed by atoms with E-state index in [-0.39, 0.29) is 36.6 Å². The lowest BCUT2D eigenvalue weighted by Crippen LogP contribution is -2.48. The number of hydrogen-bond acceptors (Lipinski definition) is 8. The third-order valence-corrected chi connectivity index (χ3v) is 9.17. The molecule has 0 aliphatic carbocycles. The van der Waals surface area contributed by atoms with Gasteiger partial charge in [0.1, 0.15) is 0 Å². The molecule has 4 aliphatic heterocycles. The molecule has 4 aliphatic rings. The molecule has 46 heavy (non-hydrogen) atoms. The molecule has 254 valence electrons. The van der Waals surface area contributed by atoms with Crippen molar-refractivity contribution in [3.63, 3.8) is 0 Å². The van der Waals surface area contributed by atoms with Crippen LogP contribution in [-0.2, 0) is 22.7 Å². The number of benzene rings is 2. The van der Waals surface area contributed by atoms with Crippen LogP contribution in [-0.4, -0.2) is 97.4 Å². The summed E-state index contributed by atoms with van der Waals surface area (Å²) in [5.41, 5.74) is 2.43. The number of fused-ring (bicyclic) bond motifs is 2. The van der Waals surface area contributed by atoms with Crippen LogP contribution in [0.1, 0.15) is 62.5 Å². The Morgan fingerprint density at radius 2 is 0.870 bits per heavy atom. The van der Waals surface area contributed by atoms with E-state index in [1.807, 2.05) is 21.9 Å². The monoisotopic (exact) mass is 678 g/mol. The van der Waals surface area contributed by atoms with Gasteiger partial charge < -0.3 is 28.7 Å². The molecule has 0 atom stereocenters. The molecule has 2 fully saturated rings. The predicted molar refractivity (Wildman–Crippen MR) is 180 cm³/mol. The topological polar surface area (TPSA) is 84.0 Å². The average Bonchev–Trinajstić information content (AvgIpc) is 3.72. The third-order valence-electron chi connectivity index (χ3n) is 9.17. The Morgan fingerprint density at radius 3 is 1.28 bits per heavy atom. The van der Waals surface area contributed by atoms with Crippen molar-refractivity contribution in [3.05, 3.63) is 47.5 Å². The lowest BCUT2D eigenvalue weighted by atomic mass is 10.1. The van der Waals surface area contributed by atoms with Crippen LogP contribution in [0.25, 0.3) is 0 Å². The first-order valence-corrected chi connectivity index (χ1v) is 16.4. The first kappa shape index (κ1) is 35.9. The smallest absolute Gasteiger partial charge is 0.231 e. The molecule has 2 amide bonds. The van der Waals surface area contributed by atoms with Crippen molar-refractivity contribution in [2.24, 2.45) is 0 Å². The van der Waals surface area contributed by atoms with Gasteiger partial charge in [0, 0.05) is 78.3 Å². The lowest BCUT2D eigenvalue weighted by Gasteiger charge is -2.35.